The van der Waals surface area contributed by atoms with E-state index in [2.05, 4.69) is 50.2 Å². The number of aromatic nitrogens is 1. The zero-order chi connectivity index (χ0) is 15.0. The Bertz CT molecular complexity index is 734. The van der Waals surface area contributed by atoms with E-state index in [1.165, 1.54) is 5.56 Å². The van der Waals surface area contributed by atoms with E-state index in [0.29, 0.717) is 5.82 Å². The normalized spacial score (nSPS) is 11.8. The van der Waals surface area contributed by atoms with Crippen LogP contribution in [0.4, 0.5) is 5.82 Å². The zero-order valence-corrected chi connectivity index (χ0v) is 13.2. The van der Waals surface area contributed by atoms with Gasteiger partial charge in [0.15, 0.2) is 11.6 Å². The summed E-state index contributed by atoms with van der Waals surface area (Å²) in [6, 6.07) is 12.4. The number of hydrogen-bond acceptors (Lipinski definition) is 4. The molecule has 0 aliphatic carbocycles. The van der Waals surface area contributed by atoms with E-state index in [1.54, 1.807) is 11.3 Å². The first-order valence-electron chi connectivity index (χ1n) is 6.87. The van der Waals surface area contributed by atoms with Gasteiger partial charge < -0.3 is 10.3 Å². The third kappa shape index (κ3) is 2.59. The SMILES string of the molecule is CC(C)(C)c1ccc(-c2onc(N)c2-c2cccs2)cc1. The molecule has 0 amide bonds. The highest BCUT2D eigenvalue weighted by molar-refractivity contribution is 7.13. The van der Waals surface area contributed by atoms with Crippen molar-refractivity contribution in [1.29, 1.82) is 0 Å². The van der Waals surface area contributed by atoms with Gasteiger partial charge in [-0.1, -0.05) is 56.3 Å². The van der Waals surface area contributed by atoms with E-state index in [-0.39, 0.29) is 5.41 Å². The van der Waals surface area contributed by atoms with Gasteiger partial charge in [-0.25, -0.2) is 0 Å². The first kappa shape index (κ1) is 13.9. The molecule has 0 aliphatic heterocycles. The molecule has 0 aliphatic rings. The fourth-order valence-corrected chi connectivity index (χ4v) is 3.06. The molecule has 0 atom stereocenters. The Kier molecular flexibility index (Phi) is 3.33. The number of anilines is 1. The summed E-state index contributed by atoms with van der Waals surface area (Å²) in [4.78, 5) is 1.07. The van der Waals surface area contributed by atoms with E-state index >= 15 is 0 Å². The maximum absolute atomic E-state index is 5.97. The summed E-state index contributed by atoms with van der Waals surface area (Å²) >= 11 is 1.63. The molecule has 3 rings (SSSR count). The van der Waals surface area contributed by atoms with Crippen LogP contribution in [0.2, 0.25) is 0 Å². The Balaban J connectivity index is 2.06. The van der Waals surface area contributed by atoms with Crippen LogP contribution >= 0.6 is 11.3 Å². The molecule has 0 saturated heterocycles. The summed E-state index contributed by atoms with van der Waals surface area (Å²) in [6.45, 7) is 6.60. The van der Waals surface area contributed by atoms with Gasteiger partial charge in [0.1, 0.15) is 0 Å². The minimum atomic E-state index is 0.134. The number of nitrogens with zero attached hydrogens (tertiary/aromatic N) is 1. The van der Waals surface area contributed by atoms with Crippen molar-refractivity contribution >= 4 is 17.2 Å². The molecule has 0 radical (unpaired) electrons. The van der Waals surface area contributed by atoms with Crippen molar-refractivity contribution in [2.45, 2.75) is 26.2 Å². The maximum Gasteiger partial charge on any atom is 0.177 e. The minimum absolute atomic E-state index is 0.134. The van der Waals surface area contributed by atoms with Gasteiger partial charge in [-0.3, -0.25) is 0 Å². The zero-order valence-electron chi connectivity index (χ0n) is 12.4. The highest BCUT2D eigenvalue weighted by Gasteiger charge is 2.19. The average Bonchev–Trinajstić information content (AvgIpc) is 3.06. The van der Waals surface area contributed by atoms with E-state index in [4.69, 9.17) is 10.3 Å². The van der Waals surface area contributed by atoms with Crippen LogP contribution in [0.3, 0.4) is 0 Å². The molecule has 21 heavy (non-hydrogen) atoms. The van der Waals surface area contributed by atoms with Gasteiger partial charge in [0.05, 0.1) is 5.56 Å². The maximum atomic E-state index is 5.97. The van der Waals surface area contributed by atoms with Crippen LogP contribution in [-0.4, -0.2) is 5.16 Å². The van der Waals surface area contributed by atoms with Crippen LogP contribution in [0.15, 0.2) is 46.3 Å². The quantitative estimate of drug-likeness (QED) is 0.728. The summed E-state index contributed by atoms with van der Waals surface area (Å²) < 4.78 is 5.46. The fourth-order valence-electron chi connectivity index (χ4n) is 2.28. The second-order valence-electron chi connectivity index (χ2n) is 6.08. The number of benzene rings is 1. The monoisotopic (exact) mass is 298 g/mol. The van der Waals surface area contributed by atoms with Crippen molar-refractivity contribution in [2.75, 3.05) is 5.73 Å². The van der Waals surface area contributed by atoms with Crippen molar-refractivity contribution in [1.82, 2.24) is 5.16 Å². The second-order valence-corrected chi connectivity index (χ2v) is 7.02. The molecule has 2 aromatic heterocycles. The Morgan fingerprint density at radius 2 is 1.81 bits per heavy atom. The third-order valence-electron chi connectivity index (χ3n) is 3.50. The Hall–Kier alpha value is -2.07. The van der Waals surface area contributed by atoms with E-state index in [0.717, 1.165) is 21.8 Å². The lowest BCUT2D eigenvalue weighted by molar-refractivity contribution is 0.436. The molecule has 0 unspecified atom stereocenters. The Labute approximate surface area is 128 Å². The standard InChI is InChI=1S/C17H18N2OS/c1-17(2,3)12-8-6-11(7-9-12)15-14(16(18)19-20-15)13-5-4-10-21-13/h4-10H,1-3H3,(H2,18,19). The molecule has 0 spiro atoms. The summed E-state index contributed by atoms with van der Waals surface area (Å²) in [7, 11) is 0. The molecule has 0 saturated carbocycles. The molecule has 1 aromatic carbocycles. The summed E-state index contributed by atoms with van der Waals surface area (Å²) in [5, 5.41) is 5.95. The van der Waals surface area contributed by atoms with Crippen LogP contribution in [-0.2, 0) is 5.41 Å². The fraction of sp³-hybridized carbons (Fsp3) is 0.235. The molecule has 108 valence electrons. The van der Waals surface area contributed by atoms with Gasteiger partial charge in [-0.2, -0.15) is 0 Å². The molecule has 3 nitrogen and oxygen atoms in total. The van der Waals surface area contributed by atoms with Crippen LogP contribution in [0.5, 0.6) is 0 Å². The van der Waals surface area contributed by atoms with Crippen LogP contribution < -0.4 is 5.73 Å². The molecular weight excluding hydrogens is 280 g/mol. The number of rotatable bonds is 2. The average molecular weight is 298 g/mol. The van der Waals surface area contributed by atoms with Crippen LogP contribution in [0, 0.1) is 0 Å². The second kappa shape index (κ2) is 5.04. The first-order valence-corrected chi connectivity index (χ1v) is 7.75. The van der Waals surface area contributed by atoms with Crippen LogP contribution in [0.1, 0.15) is 26.3 Å². The minimum Gasteiger partial charge on any atom is -0.380 e. The van der Waals surface area contributed by atoms with Crippen molar-refractivity contribution in [3.05, 3.63) is 47.3 Å². The number of nitrogens with two attached hydrogens (primary N) is 1. The van der Waals surface area contributed by atoms with Crippen molar-refractivity contribution in [2.24, 2.45) is 0 Å². The number of thiophene rings is 1. The van der Waals surface area contributed by atoms with Gasteiger partial charge in [0, 0.05) is 10.4 Å². The number of nitrogen functional groups attached to an aromatic ring is 1. The smallest absolute Gasteiger partial charge is 0.177 e. The summed E-state index contributed by atoms with van der Waals surface area (Å²) in [5.41, 5.74) is 9.27. The largest absolute Gasteiger partial charge is 0.380 e. The highest BCUT2D eigenvalue weighted by Crippen LogP contribution is 2.39. The van der Waals surface area contributed by atoms with E-state index < -0.39 is 0 Å². The summed E-state index contributed by atoms with van der Waals surface area (Å²) in [5.74, 6) is 1.17. The lowest BCUT2D eigenvalue weighted by Gasteiger charge is -2.18. The highest BCUT2D eigenvalue weighted by atomic mass is 32.1. The predicted molar refractivity (Wildman–Crippen MR) is 88.4 cm³/mol. The molecule has 2 heterocycles. The third-order valence-corrected chi connectivity index (χ3v) is 4.39. The van der Waals surface area contributed by atoms with Gasteiger partial charge in [0.2, 0.25) is 0 Å². The topological polar surface area (TPSA) is 52.0 Å². The molecule has 2 N–H and O–H groups in total. The molecule has 0 bridgehead atoms. The van der Waals surface area contributed by atoms with Crippen molar-refractivity contribution < 1.29 is 4.52 Å². The molecular formula is C17H18N2OS. The van der Waals surface area contributed by atoms with Crippen LogP contribution in [0.25, 0.3) is 21.8 Å². The van der Waals surface area contributed by atoms with Gasteiger partial charge >= 0.3 is 0 Å². The van der Waals surface area contributed by atoms with Gasteiger partial charge in [0.25, 0.3) is 0 Å². The van der Waals surface area contributed by atoms with Gasteiger partial charge in [-0.05, 0) is 22.4 Å². The molecule has 0 fully saturated rings. The summed E-state index contributed by atoms with van der Waals surface area (Å²) in [6.07, 6.45) is 0. The number of hydrogen-bond donors (Lipinski definition) is 1. The molecule has 3 aromatic rings. The lowest BCUT2D eigenvalue weighted by Crippen LogP contribution is -2.10. The Morgan fingerprint density at radius 1 is 1.10 bits per heavy atom. The van der Waals surface area contributed by atoms with Crippen molar-refractivity contribution in [3.8, 4) is 21.8 Å². The molecule has 4 heteroatoms. The lowest BCUT2D eigenvalue weighted by atomic mass is 9.86. The Morgan fingerprint density at radius 3 is 2.38 bits per heavy atom. The predicted octanol–water partition coefficient (Wildman–Crippen LogP) is 4.95. The van der Waals surface area contributed by atoms with Gasteiger partial charge in [-0.15, -0.1) is 11.3 Å². The van der Waals surface area contributed by atoms with E-state index in [1.807, 2.05) is 17.5 Å². The van der Waals surface area contributed by atoms with Crippen molar-refractivity contribution in [3.63, 3.8) is 0 Å². The first-order chi connectivity index (χ1) is 9.97. The van der Waals surface area contributed by atoms with E-state index in [9.17, 15) is 0 Å².